The van der Waals surface area contributed by atoms with Crippen molar-refractivity contribution in [3.05, 3.63) is 121 Å². The third-order valence-electron chi connectivity index (χ3n) is 5.87. The molecule has 18 heteroatoms. The lowest BCUT2D eigenvalue weighted by Crippen LogP contribution is -2.06. The van der Waals surface area contributed by atoms with Gasteiger partial charge in [-0.2, -0.15) is 43.3 Å². The van der Waals surface area contributed by atoms with Crippen molar-refractivity contribution in [1.82, 2.24) is 9.97 Å². The van der Waals surface area contributed by atoms with Crippen LogP contribution in [0.5, 0.6) is 0 Å². The van der Waals surface area contributed by atoms with Crippen LogP contribution < -0.4 is 0 Å². The Morgan fingerprint density at radius 2 is 0.841 bits per heavy atom. The third kappa shape index (κ3) is 4.37. The van der Waals surface area contributed by atoms with Crippen LogP contribution in [0.15, 0.2) is 16.7 Å². The van der Waals surface area contributed by atoms with Crippen LogP contribution >= 0.6 is 0 Å². The fourth-order valence-corrected chi connectivity index (χ4v) is 3.99. The fraction of sp³-hybridized carbons (Fsp3) is 0. The molecule has 0 bridgehead atoms. The highest BCUT2D eigenvalue weighted by Gasteiger charge is 2.45. The molecule has 0 N–H and O–H groups in total. The molecule has 2 aromatic heterocycles. The van der Waals surface area contributed by atoms with Crippen molar-refractivity contribution in [2.45, 2.75) is 0 Å². The molecular weight excluding hydrogens is 624 g/mol. The zero-order chi connectivity index (χ0) is 32.9. The van der Waals surface area contributed by atoms with Gasteiger partial charge in [-0.3, -0.25) is 0 Å². The predicted molar refractivity (Wildman–Crippen MR) is 118 cm³/mol. The van der Waals surface area contributed by atoms with Gasteiger partial charge in [0.1, 0.15) is 23.8 Å². The van der Waals surface area contributed by atoms with E-state index in [2.05, 4.69) is 14.8 Å². The number of pyridine rings is 2. The first kappa shape index (κ1) is 30.8. The Morgan fingerprint density at radius 3 is 1.16 bits per heavy atom. The fourth-order valence-electron chi connectivity index (χ4n) is 3.99. The second-order valence-electron chi connectivity index (χ2n) is 8.07. The van der Waals surface area contributed by atoms with Crippen molar-refractivity contribution in [2.24, 2.45) is 0 Å². The molecule has 44 heavy (non-hydrogen) atoms. The summed E-state index contributed by atoms with van der Waals surface area (Å²) in [5.41, 5.74) is -16.9. The number of aromatic nitrogens is 2. The Kier molecular flexibility index (Phi) is 7.65. The Morgan fingerprint density at radius 1 is 0.500 bits per heavy atom. The first-order valence-electron chi connectivity index (χ1n) is 10.8. The molecule has 0 atom stereocenters. The van der Waals surface area contributed by atoms with Crippen LogP contribution in [0.25, 0.3) is 21.7 Å². The minimum absolute atomic E-state index is 0.785. The van der Waals surface area contributed by atoms with E-state index in [4.69, 9.17) is 11.8 Å². The molecule has 0 aliphatic heterocycles. The summed E-state index contributed by atoms with van der Waals surface area (Å²) < 4.78 is 173. The van der Waals surface area contributed by atoms with Gasteiger partial charge < -0.3 is 0 Å². The summed E-state index contributed by atoms with van der Waals surface area (Å²) in [6, 6.07) is 2.76. The lowest BCUT2D eigenvalue weighted by atomic mass is 10.00. The number of hydrogen-bond donors (Lipinski definition) is 0. The molecule has 0 unspecified atom stereocenters. The van der Waals surface area contributed by atoms with E-state index in [1.807, 2.05) is 0 Å². The normalized spacial score (nSPS) is 15.5. The van der Waals surface area contributed by atoms with Crippen LogP contribution in [-0.2, 0) is 0 Å². The lowest BCUT2D eigenvalue weighted by Gasteiger charge is -2.07. The van der Waals surface area contributed by atoms with Gasteiger partial charge in [0.15, 0.2) is 46.5 Å². The number of benzene rings is 1. The van der Waals surface area contributed by atoms with E-state index in [1.54, 1.807) is 0 Å². The molecule has 3 aromatic rings. The van der Waals surface area contributed by atoms with Crippen molar-refractivity contribution in [3.63, 3.8) is 0 Å². The molecule has 0 spiro atoms. The molecule has 218 valence electrons. The highest BCUT2D eigenvalue weighted by atomic mass is 19.2. The number of hydrogen-bond acceptors (Lipinski definition) is 5. The maximum absolute atomic E-state index is 14.9. The van der Waals surface area contributed by atoms with E-state index in [0.717, 1.165) is 18.2 Å². The van der Waals surface area contributed by atoms with Gasteiger partial charge in [0.25, 0.3) is 23.8 Å². The average molecular weight is 624 g/mol. The first-order valence-corrected chi connectivity index (χ1v) is 10.8. The van der Waals surface area contributed by atoms with Gasteiger partial charge in [-0.1, -0.05) is 0 Å². The summed E-state index contributed by atoms with van der Waals surface area (Å²) in [4.78, 5) is 7.07. The minimum Gasteiger partial charge on any atom is -0.237 e. The van der Waals surface area contributed by atoms with Crippen molar-refractivity contribution >= 4 is 16.8 Å². The number of halogens is 12. The smallest absolute Gasteiger partial charge is 0.237 e. The monoisotopic (exact) mass is 624 g/mol. The zero-order valence-electron chi connectivity index (χ0n) is 20.2. The van der Waals surface area contributed by atoms with Crippen LogP contribution in [-0.4, -0.2) is 9.97 Å². The van der Waals surface area contributed by atoms with Crippen LogP contribution in [0.1, 0.15) is 22.3 Å². The molecule has 4 rings (SSSR count). The summed E-state index contributed by atoms with van der Waals surface area (Å²) in [6.45, 7) is 7.32. The van der Waals surface area contributed by atoms with Gasteiger partial charge in [0, 0.05) is 0 Å². The molecule has 0 radical (unpaired) electrons. The van der Waals surface area contributed by atoms with Gasteiger partial charge in [0.05, 0.1) is 34.4 Å². The summed E-state index contributed by atoms with van der Waals surface area (Å²) in [5.74, 6) is -29.0. The van der Waals surface area contributed by atoms with Crippen molar-refractivity contribution < 1.29 is 52.7 Å². The minimum atomic E-state index is -2.48. The second-order valence-corrected chi connectivity index (χ2v) is 8.07. The molecule has 0 amide bonds. The number of allylic oxidation sites excluding steroid dienone is 5. The highest BCUT2D eigenvalue weighted by Crippen LogP contribution is 2.57. The lowest BCUT2D eigenvalue weighted by molar-refractivity contribution is 0.404. The maximum atomic E-state index is 14.9. The molecular formula is C26F12N6. The Hall–Kier alpha value is -6.14. The van der Waals surface area contributed by atoms with Gasteiger partial charge >= 0.3 is 0 Å². The Bertz CT molecular complexity index is 1960. The largest absolute Gasteiger partial charge is 0.252 e. The summed E-state index contributed by atoms with van der Waals surface area (Å²) in [5, 5.41) is 28.2. The summed E-state index contributed by atoms with van der Waals surface area (Å²) in [6.07, 6.45) is 0. The van der Waals surface area contributed by atoms with Crippen molar-refractivity contribution in [3.8, 4) is 18.2 Å². The SMILES string of the molecule is [C-]#[N+]/C(=C1/C(=C(\C#N)c2c(F)c(F)c(C#N)c(F)c2F)/C1=C(\C#N)c1c(F)c(F)nc(F)c1F)c1c(F)c(F)nc(F)c1F. The van der Waals surface area contributed by atoms with Gasteiger partial charge in [-0.05, 0) is 16.7 Å². The Balaban J connectivity index is 2.34. The quantitative estimate of drug-likeness (QED) is 0.107. The van der Waals surface area contributed by atoms with Crippen molar-refractivity contribution in [1.29, 1.82) is 15.8 Å². The van der Waals surface area contributed by atoms with E-state index in [0.29, 0.717) is 0 Å². The molecule has 1 saturated carbocycles. The number of nitriles is 3. The number of nitrogens with zero attached hydrogens (tertiary/aromatic N) is 6. The first-order chi connectivity index (χ1) is 20.7. The molecule has 1 fully saturated rings. The van der Waals surface area contributed by atoms with Crippen LogP contribution in [0.4, 0.5) is 52.7 Å². The summed E-state index contributed by atoms with van der Waals surface area (Å²) in [7, 11) is 0. The van der Waals surface area contributed by atoms with E-state index < -0.39 is 126 Å². The third-order valence-corrected chi connectivity index (χ3v) is 5.87. The zero-order valence-corrected chi connectivity index (χ0v) is 20.2. The van der Waals surface area contributed by atoms with Gasteiger partial charge in [-0.25, -0.2) is 40.0 Å². The predicted octanol–water partition coefficient (Wildman–Crippen LogP) is 6.62. The highest BCUT2D eigenvalue weighted by molar-refractivity contribution is 6.11. The molecule has 1 aromatic carbocycles. The second kappa shape index (κ2) is 10.9. The number of rotatable bonds is 3. The van der Waals surface area contributed by atoms with Crippen LogP contribution in [0.3, 0.4) is 0 Å². The van der Waals surface area contributed by atoms with Gasteiger partial charge in [-0.15, -0.1) is 0 Å². The van der Waals surface area contributed by atoms with E-state index >= 15 is 0 Å². The van der Waals surface area contributed by atoms with Crippen LogP contribution in [0, 0.1) is 111 Å². The van der Waals surface area contributed by atoms with Crippen LogP contribution in [0.2, 0.25) is 0 Å². The van der Waals surface area contributed by atoms with E-state index in [9.17, 15) is 63.2 Å². The molecule has 1 aliphatic carbocycles. The molecule has 6 nitrogen and oxygen atoms in total. The van der Waals surface area contributed by atoms with Gasteiger partial charge in [0.2, 0.25) is 5.70 Å². The summed E-state index contributed by atoms with van der Waals surface area (Å²) >= 11 is 0. The standard InChI is InChI=1S/C26F12N6/c1-42-22(13-20(33)25(37)44-26(38)21(13)34)12-8(5(2-39)10-16(29)14(27)7(4-41)15(28)17(10)30)9(12)6(3-40)11-18(31)23(35)43-24(36)19(11)32/b8-5+,9-6-,22-12-. The average Bonchev–Trinajstić information content (AvgIpc) is 3.70. The Labute approximate surface area is 234 Å². The van der Waals surface area contributed by atoms with E-state index in [1.165, 1.54) is 0 Å². The molecule has 0 saturated heterocycles. The van der Waals surface area contributed by atoms with E-state index in [-0.39, 0.29) is 0 Å². The topological polar surface area (TPSA) is 102 Å². The maximum Gasteiger partial charge on any atom is 0.252 e. The molecule has 2 heterocycles. The molecule has 1 aliphatic rings. The van der Waals surface area contributed by atoms with Crippen molar-refractivity contribution in [2.75, 3.05) is 0 Å².